The molecule has 0 atom stereocenters. The normalized spacial score (nSPS) is 10.7. The molecule has 2 aromatic rings. The maximum Gasteiger partial charge on any atom is 0.344 e. The molecule has 5 nitrogen and oxygen atoms in total. The highest BCUT2D eigenvalue weighted by Gasteiger charge is 2.12. The van der Waals surface area contributed by atoms with Crippen molar-refractivity contribution in [3.05, 3.63) is 41.0 Å². The van der Waals surface area contributed by atoms with Gasteiger partial charge in [0.25, 0.3) is 0 Å². The third kappa shape index (κ3) is 4.16. The van der Waals surface area contributed by atoms with Crippen molar-refractivity contribution in [3.63, 3.8) is 0 Å². The van der Waals surface area contributed by atoms with Gasteiger partial charge < -0.3 is 9.47 Å². The van der Waals surface area contributed by atoms with Gasteiger partial charge in [-0.1, -0.05) is 11.6 Å². The Balaban J connectivity index is 2.06. The highest BCUT2D eigenvalue weighted by atomic mass is 35.5. The molecule has 21 heavy (non-hydrogen) atoms. The Morgan fingerprint density at radius 2 is 2.00 bits per heavy atom. The predicted molar refractivity (Wildman–Crippen MR) is 78.3 cm³/mol. The van der Waals surface area contributed by atoms with Crippen LogP contribution in [0.4, 0.5) is 0 Å². The summed E-state index contributed by atoms with van der Waals surface area (Å²) in [4.78, 5) is 27.3. The second kappa shape index (κ2) is 6.54. The van der Waals surface area contributed by atoms with Crippen molar-refractivity contribution in [3.8, 4) is 0 Å². The number of rotatable bonds is 4. The molecule has 0 radical (unpaired) electrons. The van der Waals surface area contributed by atoms with Crippen LogP contribution in [0.25, 0.3) is 10.9 Å². The highest BCUT2D eigenvalue weighted by molar-refractivity contribution is 6.29. The molecule has 2 rings (SSSR count). The van der Waals surface area contributed by atoms with Crippen molar-refractivity contribution in [1.29, 1.82) is 0 Å². The van der Waals surface area contributed by atoms with E-state index in [1.54, 1.807) is 44.2 Å². The molecule has 1 heterocycles. The van der Waals surface area contributed by atoms with Gasteiger partial charge in [0.2, 0.25) is 0 Å². The number of ether oxygens (including phenoxy) is 2. The van der Waals surface area contributed by atoms with Crippen LogP contribution in [0.15, 0.2) is 30.3 Å². The number of carbonyl (C=O) groups is 2. The molecule has 0 aliphatic rings. The maximum absolute atomic E-state index is 11.9. The van der Waals surface area contributed by atoms with Crippen molar-refractivity contribution >= 4 is 34.4 Å². The first-order valence-corrected chi connectivity index (χ1v) is 6.76. The van der Waals surface area contributed by atoms with Gasteiger partial charge >= 0.3 is 11.9 Å². The molecule has 0 saturated heterocycles. The van der Waals surface area contributed by atoms with Gasteiger partial charge in [-0.05, 0) is 44.2 Å². The number of esters is 2. The molecule has 0 N–H and O–H groups in total. The molecule has 0 aliphatic carbocycles. The number of aromatic nitrogens is 1. The van der Waals surface area contributed by atoms with E-state index in [0.717, 1.165) is 5.39 Å². The van der Waals surface area contributed by atoms with Crippen LogP contribution in [-0.4, -0.2) is 29.6 Å². The Morgan fingerprint density at radius 1 is 1.24 bits per heavy atom. The molecule has 0 amide bonds. The number of carbonyl (C=O) groups excluding carboxylic acids is 2. The Labute approximate surface area is 126 Å². The smallest absolute Gasteiger partial charge is 0.344 e. The second-order valence-electron chi connectivity index (χ2n) is 4.66. The Bertz CT molecular complexity index is 684. The summed E-state index contributed by atoms with van der Waals surface area (Å²) in [5.41, 5.74) is 1.02. The minimum Gasteiger partial charge on any atom is -0.460 e. The van der Waals surface area contributed by atoms with Gasteiger partial charge in [-0.25, -0.2) is 14.6 Å². The van der Waals surface area contributed by atoms with E-state index in [2.05, 4.69) is 4.98 Å². The van der Waals surface area contributed by atoms with E-state index in [-0.39, 0.29) is 6.10 Å². The van der Waals surface area contributed by atoms with Crippen LogP contribution in [0.2, 0.25) is 5.15 Å². The number of hydrogen-bond donors (Lipinski definition) is 0. The van der Waals surface area contributed by atoms with Crippen LogP contribution in [0, 0.1) is 0 Å². The third-order valence-corrected chi connectivity index (χ3v) is 2.79. The van der Waals surface area contributed by atoms with Crippen LogP contribution in [0.3, 0.4) is 0 Å². The lowest BCUT2D eigenvalue weighted by molar-refractivity contribution is -0.150. The fourth-order valence-electron chi connectivity index (χ4n) is 1.73. The first kappa shape index (κ1) is 15.3. The van der Waals surface area contributed by atoms with Gasteiger partial charge in [0.05, 0.1) is 17.2 Å². The molecule has 110 valence electrons. The summed E-state index contributed by atoms with van der Waals surface area (Å²) in [6.07, 6.45) is -0.243. The lowest BCUT2D eigenvalue weighted by Gasteiger charge is -2.08. The molecular formula is C15H14ClNO4. The van der Waals surface area contributed by atoms with Crippen LogP contribution >= 0.6 is 11.6 Å². The molecule has 0 fully saturated rings. The van der Waals surface area contributed by atoms with Crippen LogP contribution in [-0.2, 0) is 14.3 Å². The average molecular weight is 308 g/mol. The molecule has 0 bridgehead atoms. The van der Waals surface area contributed by atoms with Gasteiger partial charge in [0.15, 0.2) is 6.61 Å². The zero-order chi connectivity index (χ0) is 15.4. The topological polar surface area (TPSA) is 65.5 Å². The van der Waals surface area contributed by atoms with Gasteiger partial charge in [-0.15, -0.1) is 0 Å². The fourth-order valence-corrected chi connectivity index (χ4v) is 1.89. The Morgan fingerprint density at radius 3 is 2.71 bits per heavy atom. The van der Waals surface area contributed by atoms with Gasteiger partial charge in [-0.2, -0.15) is 0 Å². The van der Waals surface area contributed by atoms with Crippen molar-refractivity contribution in [2.45, 2.75) is 20.0 Å². The summed E-state index contributed by atoms with van der Waals surface area (Å²) in [5.74, 6) is -1.17. The third-order valence-electron chi connectivity index (χ3n) is 2.58. The van der Waals surface area contributed by atoms with E-state index < -0.39 is 18.5 Å². The van der Waals surface area contributed by atoms with Crippen molar-refractivity contribution in [2.75, 3.05) is 6.61 Å². The lowest BCUT2D eigenvalue weighted by atomic mass is 10.1. The minimum absolute atomic E-state index is 0.243. The quantitative estimate of drug-likeness (QED) is 0.641. The fraction of sp³-hybridized carbons (Fsp3) is 0.267. The molecule has 6 heteroatoms. The molecule has 1 aromatic heterocycles. The summed E-state index contributed by atoms with van der Waals surface area (Å²) in [7, 11) is 0. The van der Waals surface area contributed by atoms with Crippen molar-refractivity contribution < 1.29 is 19.1 Å². The standard InChI is InChI=1S/C15H14ClNO4/c1-9(2)21-14(18)8-20-15(19)11-3-5-12-10(7-11)4-6-13(16)17-12/h3-7,9H,8H2,1-2H3. The Kier molecular flexibility index (Phi) is 4.75. The summed E-state index contributed by atoms with van der Waals surface area (Å²) >= 11 is 5.79. The largest absolute Gasteiger partial charge is 0.460 e. The molecule has 0 unspecified atom stereocenters. The van der Waals surface area contributed by atoms with Gasteiger partial charge in [0.1, 0.15) is 5.15 Å². The van der Waals surface area contributed by atoms with Crippen LogP contribution < -0.4 is 0 Å². The maximum atomic E-state index is 11.9. The second-order valence-corrected chi connectivity index (χ2v) is 5.04. The lowest BCUT2D eigenvalue weighted by Crippen LogP contribution is -2.19. The first-order valence-electron chi connectivity index (χ1n) is 6.38. The number of nitrogens with zero attached hydrogens (tertiary/aromatic N) is 1. The zero-order valence-electron chi connectivity index (χ0n) is 11.6. The van der Waals surface area contributed by atoms with E-state index in [1.165, 1.54) is 0 Å². The number of benzene rings is 1. The molecule has 0 aliphatic heterocycles. The summed E-state index contributed by atoms with van der Waals surface area (Å²) in [5, 5.41) is 1.15. The SMILES string of the molecule is CC(C)OC(=O)COC(=O)c1ccc2nc(Cl)ccc2c1. The van der Waals surface area contributed by atoms with E-state index in [4.69, 9.17) is 21.1 Å². The van der Waals surface area contributed by atoms with E-state index >= 15 is 0 Å². The van der Waals surface area contributed by atoms with Gasteiger partial charge in [-0.3, -0.25) is 0 Å². The van der Waals surface area contributed by atoms with Crippen molar-refractivity contribution in [1.82, 2.24) is 4.98 Å². The Hall–Kier alpha value is -2.14. The van der Waals surface area contributed by atoms with Crippen molar-refractivity contribution in [2.24, 2.45) is 0 Å². The summed E-state index contributed by atoms with van der Waals surface area (Å²) in [6, 6.07) is 8.27. The average Bonchev–Trinajstić information content (AvgIpc) is 2.43. The molecule has 0 spiro atoms. The highest BCUT2D eigenvalue weighted by Crippen LogP contribution is 2.17. The van der Waals surface area contributed by atoms with E-state index in [0.29, 0.717) is 16.2 Å². The predicted octanol–water partition coefficient (Wildman–Crippen LogP) is 3.00. The van der Waals surface area contributed by atoms with Gasteiger partial charge in [0, 0.05) is 5.39 Å². The van der Waals surface area contributed by atoms with Crippen LogP contribution in [0.5, 0.6) is 0 Å². The minimum atomic E-state index is -0.590. The van der Waals surface area contributed by atoms with E-state index in [9.17, 15) is 9.59 Å². The summed E-state index contributed by atoms with van der Waals surface area (Å²) < 4.78 is 9.78. The van der Waals surface area contributed by atoms with E-state index in [1.807, 2.05) is 0 Å². The first-order chi connectivity index (χ1) is 9.95. The monoisotopic (exact) mass is 307 g/mol. The number of halogens is 1. The number of pyridine rings is 1. The molecular weight excluding hydrogens is 294 g/mol. The zero-order valence-corrected chi connectivity index (χ0v) is 12.4. The molecule has 1 aromatic carbocycles. The molecule has 0 saturated carbocycles. The number of hydrogen-bond acceptors (Lipinski definition) is 5. The summed E-state index contributed by atoms with van der Waals surface area (Å²) in [6.45, 7) is 3.04. The number of fused-ring (bicyclic) bond motifs is 1. The van der Waals surface area contributed by atoms with Crippen LogP contribution in [0.1, 0.15) is 24.2 Å².